The van der Waals surface area contributed by atoms with E-state index in [0.29, 0.717) is 5.92 Å². The lowest BCUT2D eigenvalue weighted by atomic mass is 9.88. The standard InChI is InChI=1S/C16H23F2NO/c1-12(2)14-6-4-8-19(11-14)10-13-5-3-7-15(9-13)20-16(17)18/h3,5,7,9,12,14,16H,4,6,8,10-11H2,1-2H3/t14-/m1/s1. The number of hydrogen-bond acceptors (Lipinski definition) is 2. The molecule has 0 aliphatic carbocycles. The fourth-order valence-electron chi connectivity index (χ4n) is 2.86. The van der Waals surface area contributed by atoms with Gasteiger partial charge in [0.25, 0.3) is 0 Å². The Hall–Kier alpha value is -1.16. The summed E-state index contributed by atoms with van der Waals surface area (Å²) in [5.41, 5.74) is 1.03. The summed E-state index contributed by atoms with van der Waals surface area (Å²) < 4.78 is 28.9. The van der Waals surface area contributed by atoms with Crippen LogP contribution in [0.5, 0.6) is 5.75 Å². The summed E-state index contributed by atoms with van der Waals surface area (Å²) in [7, 11) is 0. The summed E-state index contributed by atoms with van der Waals surface area (Å²) in [5.74, 6) is 1.69. The molecule has 20 heavy (non-hydrogen) atoms. The smallest absolute Gasteiger partial charge is 0.387 e. The van der Waals surface area contributed by atoms with E-state index in [2.05, 4.69) is 23.5 Å². The van der Waals surface area contributed by atoms with Crippen molar-refractivity contribution in [1.29, 1.82) is 0 Å². The summed E-state index contributed by atoms with van der Waals surface area (Å²) >= 11 is 0. The van der Waals surface area contributed by atoms with E-state index in [1.165, 1.54) is 12.8 Å². The number of rotatable bonds is 5. The Kier molecular flexibility index (Phi) is 5.35. The largest absolute Gasteiger partial charge is 0.435 e. The molecule has 1 atom stereocenters. The first kappa shape index (κ1) is 15.2. The molecule has 1 heterocycles. The van der Waals surface area contributed by atoms with Gasteiger partial charge in [0.15, 0.2) is 0 Å². The van der Waals surface area contributed by atoms with Gasteiger partial charge >= 0.3 is 6.61 Å². The van der Waals surface area contributed by atoms with Gasteiger partial charge < -0.3 is 4.74 Å². The molecule has 0 N–H and O–H groups in total. The van der Waals surface area contributed by atoms with Crippen LogP contribution in [-0.4, -0.2) is 24.6 Å². The van der Waals surface area contributed by atoms with E-state index in [4.69, 9.17) is 0 Å². The van der Waals surface area contributed by atoms with Crippen molar-refractivity contribution >= 4 is 0 Å². The number of benzene rings is 1. The van der Waals surface area contributed by atoms with Crippen LogP contribution < -0.4 is 4.74 Å². The fraction of sp³-hybridized carbons (Fsp3) is 0.625. The molecule has 0 saturated carbocycles. The highest BCUT2D eigenvalue weighted by atomic mass is 19.3. The molecule has 1 aromatic rings. The van der Waals surface area contributed by atoms with E-state index in [-0.39, 0.29) is 5.75 Å². The first-order valence-electron chi connectivity index (χ1n) is 7.30. The third kappa shape index (κ3) is 4.44. The third-order valence-corrected chi connectivity index (χ3v) is 4.01. The molecule has 1 aliphatic rings. The topological polar surface area (TPSA) is 12.5 Å². The lowest BCUT2D eigenvalue weighted by Gasteiger charge is -2.34. The van der Waals surface area contributed by atoms with Crippen LogP contribution in [0.3, 0.4) is 0 Å². The Morgan fingerprint density at radius 3 is 2.85 bits per heavy atom. The van der Waals surface area contributed by atoms with E-state index >= 15 is 0 Å². The normalized spacial score (nSPS) is 20.6. The third-order valence-electron chi connectivity index (χ3n) is 4.01. The van der Waals surface area contributed by atoms with Crippen LogP contribution in [0.1, 0.15) is 32.3 Å². The zero-order chi connectivity index (χ0) is 14.5. The summed E-state index contributed by atoms with van der Waals surface area (Å²) in [6, 6.07) is 7.03. The summed E-state index contributed by atoms with van der Waals surface area (Å²) in [6.07, 6.45) is 2.51. The van der Waals surface area contributed by atoms with Crippen molar-refractivity contribution in [1.82, 2.24) is 4.90 Å². The molecule has 0 aromatic heterocycles. The highest BCUT2D eigenvalue weighted by Gasteiger charge is 2.22. The van der Waals surface area contributed by atoms with E-state index in [0.717, 1.165) is 31.1 Å². The Morgan fingerprint density at radius 2 is 2.15 bits per heavy atom. The molecule has 2 rings (SSSR count). The van der Waals surface area contributed by atoms with Gasteiger partial charge in [-0.05, 0) is 48.9 Å². The number of alkyl halides is 2. The van der Waals surface area contributed by atoms with Crippen LogP contribution in [0, 0.1) is 11.8 Å². The number of nitrogens with zero attached hydrogens (tertiary/aromatic N) is 1. The predicted molar refractivity (Wildman–Crippen MR) is 75.9 cm³/mol. The Balaban J connectivity index is 1.95. The number of halogens is 2. The van der Waals surface area contributed by atoms with Crippen LogP contribution in [-0.2, 0) is 6.54 Å². The van der Waals surface area contributed by atoms with E-state index in [9.17, 15) is 8.78 Å². The summed E-state index contributed by atoms with van der Waals surface area (Å²) in [5, 5.41) is 0. The monoisotopic (exact) mass is 283 g/mol. The lowest BCUT2D eigenvalue weighted by Crippen LogP contribution is -2.36. The van der Waals surface area contributed by atoms with Crippen LogP contribution in [0.4, 0.5) is 8.78 Å². The quantitative estimate of drug-likeness (QED) is 0.804. The van der Waals surface area contributed by atoms with Gasteiger partial charge in [0.1, 0.15) is 5.75 Å². The Morgan fingerprint density at radius 1 is 1.35 bits per heavy atom. The fourth-order valence-corrected chi connectivity index (χ4v) is 2.86. The molecular formula is C16H23F2NO. The zero-order valence-electron chi connectivity index (χ0n) is 12.2. The maximum Gasteiger partial charge on any atom is 0.387 e. The number of piperidine rings is 1. The Bertz CT molecular complexity index is 423. The van der Waals surface area contributed by atoms with Crippen molar-refractivity contribution in [2.45, 2.75) is 39.8 Å². The SMILES string of the molecule is CC(C)[C@@H]1CCCN(Cc2cccc(OC(F)F)c2)C1. The van der Waals surface area contributed by atoms with Gasteiger partial charge in [-0.2, -0.15) is 8.78 Å². The molecule has 0 bridgehead atoms. The van der Waals surface area contributed by atoms with Crippen LogP contribution in [0.25, 0.3) is 0 Å². The minimum atomic E-state index is -2.76. The van der Waals surface area contributed by atoms with Crippen LogP contribution in [0.15, 0.2) is 24.3 Å². The van der Waals surface area contributed by atoms with Gasteiger partial charge in [-0.3, -0.25) is 4.90 Å². The summed E-state index contributed by atoms with van der Waals surface area (Å²) in [6.45, 7) is 4.77. The van der Waals surface area contributed by atoms with E-state index < -0.39 is 6.61 Å². The number of hydrogen-bond donors (Lipinski definition) is 0. The molecule has 0 amide bonds. The van der Waals surface area contributed by atoms with Crippen molar-refractivity contribution in [3.63, 3.8) is 0 Å². The Labute approximate surface area is 119 Å². The molecule has 112 valence electrons. The second-order valence-electron chi connectivity index (χ2n) is 5.91. The van der Waals surface area contributed by atoms with Crippen LogP contribution >= 0.6 is 0 Å². The highest BCUT2D eigenvalue weighted by molar-refractivity contribution is 5.28. The van der Waals surface area contributed by atoms with Crippen molar-refractivity contribution < 1.29 is 13.5 Å². The average Bonchev–Trinajstić information content (AvgIpc) is 2.38. The maximum atomic E-state index is 12.2. The van der Waals surface area contributed by atoms with Gasteiger partial charge in [-0.15, -0.1) is 0 Å². The molecular weight excluding hydrogens is 260 g/mol. The van der Waals surface area contributed by atoms with Crippen LogP contribution in [0.2, 0.25) is 0 Å². The second kappa shape index (κ2) is 7.02. The molecule has 0 radical (unpaired) electrons. The second-order valence-corrected chi connectivity index (χ2v) is 5.91. The minimum absolute atomic E-state index is 0.245. The molecule has 1 aromatic carbocycles. The predicted octanol–water partition coefficient (Wildman–Crippen LogP) is 4.16. The molecule has 1 fully saturated rings. The van der Waals surface area contributed by atoms with Crippen molar-refractivity contribution in [3.8, 4) is 5.75 Å². The van der Waals surface area contributed by atoms with Gasteiger partial charge in [-0.1, -0.05) is 26.0 Å². The zero-order valence-corrected chi connectivity index (χ0v) is 12.2. The molecule has 1 aliphatic heterocycles. The highest BCUT2D eigenvalue weighted by Crippen LogP contribution is 2.25. The minimum Gasteiger partial charge on any atom is -0.435 e. The van der Waals surface area contributed by atoms with Gasteiger partial charge in [-0.25, -0.2) is 0 Å². The van der Waals surface area contributed by atoms with Crippen molar-refractivity contribution in [2.75, 3.05) is 13.1 Å². The average molecular weight is 283 g/mol. The molecule has 0 unspecified atom stereocenters. The van der Waals surface area contributed by atoms with E-state index in [1.54, 1.807) is 18.2 Å². The van der Waals surface area contributed by atoms with Gasteiger partial charge in [0, 0.05) is 13.1 Å². The molecule has 1 saturated heterocycles. The van der Waals surface area contributed by atoms with Crippen molar-refractivity contribution in [3.05, 3.63) is 29.8 Å². The van der Waals surface area contributed by atoms with Gasteiger partial charge in [0.05, 0.1) is 0 Å². The van der Waals surface area contributed by atoms with E-state index in [1.807, 2.05) is 6.07 Å². The number of ether oxygens (including phenoxy) is 1. The molecule has 4 heteroatoms. The number of likely N-dealkylation sites (tertiary alicyclic amines) is 1. The molecule has 2 nitrogen and oxygen atoms in total. The van der Waals surface area contributed by atoms with Crippen molar-refractivity contribution in [2.24, 2.45) is 11.8 Å². The maximum absolute atomic E-state index is 12.2. The summed E-state index contributed by atoms with van der Waals surface area (Å²) in [4.78, 5) is 2.41. The first-order valence-corrected chi connectivity index (χ1v) is 7.30. The first-order chi connectivity index (χ1) is 9.54. The lowest BCUT2D eigenvalue weighted by molar-refractivity contribution is -0.0499. The molecule has 0 spiro atoms. The van der Waals surface area contributed by atoms with Gasteiger partial charge in [0.2, 0.25) is 0 Å².